The van der Waals surface area contributed by atoms with Gasteiger partial charge in [0.2, 0.25) is 0 Å². The second-order valence-corrected chi connectivity index (χ2v) is 6.60. The highest BCUT2D eigenvalue weighted by molar-refractivity contribution is 7.98. The summed E-state index contributed by atoms with van der Waals surface area (Å²) in [7, 11) is 1.59. The van der Waals surface area contributed by atoms with Gasteiger partial charge < -0.3 is 14.8 Å². The monoisotopic (exact) mass is 359 g/mol. The van der Waals surface area contributed by atoms with Crippen molar-refractivity contribution in [3.63, 3.8) is 0 Å². The summed E-state index contributed by atoms with van der Waals surface area (Å²) in [5.74, 6) is 2.95. The summed E-state index contributed by atoms with van der Waals surface area (Å²) in [6.07, 6.45) is 0.0801. The van der Waals surface area contributed by atoms with Crippen molar-refractivity contribution in [2.45, 2.75) is 25.2 Å². The Hall–Kier alpha value is -2.14. The Morgan fingerprint density at radius 3 is 2.44 bits per heavy atom. The Morgan fingerprint density at radius 1 is 1.08 bits per heavy atom. The third-order valence-corrected chi connectivity index (χ3v) is 4.69. The van der Waals surface area contributed by atoms with E-state index in [1.807, 2.05) is 49.4 Å². The van der Waals surface area contributed by atoms with E-state index < -0.39 is 6.10 Å². The lowest BCUT2D eigenvalue weighted by atomic mass is 10.2. The molecular weight excluding hydrogens is 334 g/mol. The molecule has 0 saturated heterocycles. The van der Waals surface area contributed by atoms with Crippen LogP contribution in [0.2, 0.25) is 0 Å². The van der Waals surface area contributed by atoms with E-state index in [2.05, 4.69) is 17.4 Å². The maximum Gasteiger partial charge on any atom is 0.261 e. The van der Waals surface area contributed by atoms with Crippen molar-refractivity contribution in [2.24, 2.45) is 0 Å². The third kappa shape index (κ3) is 6.35. The summed E-state index contributed by atoms with van der Waals surface area (Å²) in [5, 5.41) is 2.95. The third-order valence-electron chi connectivity index (χ3n) is 3.66. The number of thioether (sulfide) groups is 1. The number of carbonyl (C=O) groups excluding carboxylic acids is 1. The highest BCUT2D eigenvalue weighted by Gasteiger charge is 2.19. The normalized spacial score (nSPS) is 11.6. The lowest BCUT2D eigenvalue weighted by Crippen LogP contribution is -2.39. The van der Waals surface area contributed by atoms with E-state index in [4.69, 9.17) is 9.47 Å². The quantitative estimate of drug-likeness (QED) is 0.654. The minimum atomic E-state index is -0.518. The van der Waals surface area contributed by atoms with Gasteiger partial charge in [0, 0.05) is 18.1 Å². The molecular formula is C20H25NO3S. The smallest absolute Gasteiger partial charge is 0.261 e. The van der Waals surface area contributed by atoms with Crippen LogP contribution in [-0.4, -0.2) is 31.4 Å². The van der Waals surface area contributed by atoms with Crippen LogP contribution >= 0.6 is 11.8 Å². The first-order chi connectivity index (χ1) is 12.2. The van der Waals surface area contributed by atoms with Gasteiger partial charge in [-0.1, -0.05) is 49.4 Å². The SMILES string of the molecule is CC[C@H](Oc1ccccc1OC)C(=O)NCCSCc1ccccc1. The number of amides is 1. The summed E-state index contributed by atoms with van der Waals surface area (Å²) in [6, 6.07) is 17.7. The fraction of sp³-hybridized carbons (Fsp3) is 0.350. The van der Waals surface area contributed by atoms with Crippen LogP contribution in [0.3, 0.4) is 0 Å². The Labute approximate surface area is 153 Å². The van der Waals surface area contributed by atoms with Crippen LogP contribution in [0.5, 0.6) is 11.5 Å². The lowest BCUT2D eigenvalue weighted by molar-refractivity contribution is -0.128. The maximum absolute atomic E-state index is 12.3. The second-order valence-electron chi connectivity index (χ2n) is 5.49. The van der Waals surface area contributed by atoms with Crippen LogP contribution in [-0.2, 0) is 10.5 Å². The molecule has 0 aromatic heterocycles. The van der Waals surface area contributed by atoms with Crippen molar-refractivity contribution in [3.05, 3.63) is 60.2 Å². The van der Waals surface area contributed by atoms with Gasteiger partial charge >= 0.3 is 0 Å². The highest BCUT2D eigenvalue weighted by atomic mass is 32.2. The number of ether oxygens (including phenoxy) is 2. The molecule has 0 heterocycles. The highest BCUT2D eigenvalue weighted by Crippen LogP contribution is 2.27. The van der Waals surface area contributed by atoms with Gasteiger partial charge in [0.25, 0.3) is 5.91 Å². The van der Waals surface area contributed by atoms with Gasteiger partial charge in [-0.3, -0.25) is 4.79 Å². The van der Waals surface area contributed by atoms with Crippen LogP contribution < -0.4 is 14.8 Å². The van der Waals surface area contributed by atoms with Crippen molar-refractivity contribution in [3.8, 4) is 11.5 Å². The van der Waals surface area contributed by atoms with Gasteiger partial charge in [-0.15, -0.1) is 0 Å². The molecule has 0 unspecified atom stereocenters. The summed E-state index contributed by atoms with van der Waals surface area (Å²) in [6.45, 7) is 2.56. The molecule has 0 aliphatic rings. The molecule has 2 rings (SSSR count). The molecule has 5 heteroatoms. The van der Waals surface area contributed by atoms with Gasteiger partial charge in [-0.2, -0.15) is 11.8 Å². The summed E-state index contributed by atoms with van der Waals surface area (Å²) in [5.41, 5.74) is 1.30. The molecule has 0 spiro atoms. The van der Waals surface area contributed by atoms with Gasteiger partial charge in [0.15, 0.2) is 17.6 Å². The molecule has 1 atom stereocenters. The van der Waals surface area contributed by atoms with Crippen molar-refractivity contribution >= 4 is 17.7 Å². The number of benzene rings is 2. The number of methoxy groups -OCH3 is 1. The Balaban J connectivity index is 1.74. The van der Waals surface area contributed by atoms with E-state index in [1.54, 1.807) is 18.9 Å². The van der Waals surface area contributed by atoms with E-state index in [9.17, 15) is 4.79 Å². The van der Waals surface area contributed by atoms with E-state index in [0.717, 1.165) is 11.5 Å². The first kappa shape index (κ1) is 19.2. The topological polar surface area (TPSA) is 47.6 Å². The van der Waals surface area contributed by atoms with Crippen molar-refractivity contribution in [2.75, 3.05) is 19.4 Å². The zero-order valence-electron chi connectivity index (χ0n) is 14.7. The lowest BCUT2D eigenvalue weighted by Gasteiger charge is -2.18. The fourth-order valence-electron chi connectivity index (χ4n) is 2.32. The maximum atomic E-state index is 12.3. The molecule has 0 fully saturated rings. The van der Waals surface area contributed by atoms with E-state index in [0.29, 0.717) is 24.5 Å². The molecule has 0 aliphatic heterocycles. The van der Waals surface area contributed by atoms with Gasteiger partial charge in [-0.05, 0) is 24.1 Å². The first-order valence-corrected chi connectivity index (χ1v) is 9.59. The van der Waals surface area contributed by atoms with Crippen molar-refractivity contribution in [1.82, 2.24) is 5.32 Å². The standard InChI is InChI=1S/C20H25NO3S/c1-3-17(24-19-12-8-7-11-18(19)23-2)20(22)21-13-14-25-15-16-9-5-4-6-10-16/h4-12,17H,3,13-15H2,1-2H3,(H,21,22)/t17-/m0/s1. The average molecular weight is 359 g/mol. The molecule has 0 radical (unpaired) electrons. The zero-order chi connectivity index (χ0) is 17.9. The molecule has 25 heavy (non-hydrogen) atoms. The molecule has 1 amide bonds. The van der Waals surface area contributed by atoms with Crippen LogP contribution in [0.4, 0.5) is 0 Å². The number of hydrogen-bond acceptors (Lipinski definition) is 4. The van der Waals surface area contributed by atoms with Gasteiger partial charge in [0.1, 0.15) is 0 Å². The summed E-state index contributed by atoms with van der Waals surface area (Å²) < 4.78 is 11.1. The van der Waals surface area contributed by atoms with E-state index >= 15 is 0 Å². The minimum Gasteiger partial charge on any atom is -0.493 e. The fourth-order valence-corrected chi connectivity index (χ4v) is 3.14. The van der Waals surface area contributed by atoms with E-state index in [1.165, 1.54) is 5.56 Å². The molecule has 2 aromatic rings. The van der Waals surface area contributed by atoms with Gasteiger partial charge in [0.05, 0.1) is 7.11 Å². The number of carbonyl (C=O) groups is 1. The molecule has 2 aromatic carbocycles. The zero-order valence-corrected chi connectivity index (χ0v) is 15.6. The Morgan fingerprint density at radius 2 is 1.76 bits per heavy atom. The van der Waals surface area contributed by atoms with Crippen LogP contribution in [0.15, 0.2) is 54.6 Å². The summed E-state index contributed by atoms with van der Waals surface area (Å²) in [4.78, 5) is 12.3. The predicted octanol–water partition coefficient (Wildman–Crippen LogP) is 3.90. The van der Waals surface area contributed by atoms with Crippen LogP contribution in [0.1, 0.15) is 18.9 Å². The number of para-hydroxylation sites is 2. The number of nitrogens with one attached hydrogen (secondary N) is 1. The van der Waals surface area contributed by atoms with E-state index in [-0.39, 0.29) is 5.91 Å². The van der Waals surface area contributed by atoms with Gasteiger partial charge in [-0.25, -0.2) is 0 Å². The molecule has 0 aliphatic carbocycles. The van der Waals surface area contributed by atoms with Crippen molar-refractivity contribution < 1.29 is 14.3 Å². The minimum absolute atomic E-state index is 0.0892. The molecule has 0 bridgehead atoms. The average Bonchev–Trinajstić information content (AvgIpc) is 2.66. The first-order valence-electron chi connectivity index (χ1n) is 8.43. The molecule has 4 nitrogen and oxygen atoms in total. The molecule has 0 saturated carbocycles. The predicted molar refractivity (Wildman–Crippen MR) is 103 cm³/mol. The number of rotatable bonds is 10. The Bertz CT molecular complexity index is 648. The van der Waals surface area contributed by atoms with Crippen LogP contribution in [0, 0.1) is 0 Å². The second kappa shape index (κ2) is 10.7. The molecule has 1 N–H and O–H groups in total. The number of hydrogen-bond donors (Lipinski definition) is 1. The Kier molecular flexibility index (Phi) is 8.19. The summed E-state index contributed by atoms with van der Waals surface area (Å²) >= 11 is 1.80. The van der Waals surface area contributed by atoms with Crippen molar-refractivity contribution in [1.29, 1.82) is 0 Å². The molecule has 134 valence electrons. The largest absolute Gasteiger partial charge is 0.493 e. The van der Waals surface area contributed by atoms with Crippen LogP contribution in [0.25, 0.3) is 0 Å².